The van der Waals surface area contributed by atoms with Crippen molar-refractivity contribution in [2.75, 3.05) is 13.3 Å². The van der Waals surface area contributed by atoms with Crippen molar-refractivity contribution in [3.05, 3.63) is 0 Å². The molecule has 0 aromatic rings. The van der Waals surface area contributed by atoms with E-state index in [4.69, 9.17) is 0 Å². The van der Waals surface area contributed by atoms with Gasteiger partial charge in [0.25, 0.3) is 0 Å². The highest BCUT2D eigenvalue weighted by molar-refractivity contribution is 4.73. The van der Waals surface area contributed by atoms with Crippen LogP contribution in [-0.2, 0) is 0 Å². The van der Waals surface area contributed by atoms with E-state index in [9.17, 15) is 48.3 Å². The normalized spacial score (nSPS) is 15.0. The largest absolute Gasteiger partial charge is 0.456 e. The van der Waals surface area contributed by atoms with Crippen LogP contribution >= 0.6 is 0 Å². The molecule has 1 unspecified atom stereocenters. The molecule has 0 heterocycles. The zero-order chi connectivity index (χ0) is 14.5. The van der Waals surface area contributed by atoms with Crippen LogP contribution in [0.2, 0.25) is 0 Å². The van der Waals surface area contributed by atoms with Crippen molar-refractivity contribution in [3.63, 3.8) is 0 Å². The quantitative estimate of drug-likeness (QED) is 0.673. The summed E-state index contributed by atoms with van der Waals surface area (Å²) in [5.41, 5.74) is 0. The molecule has 0 nitrogen and oxygen atoms in total. The van der Waals surface area contributed by atoms with Crippen LogP contribution in [0.3, 0.4) is 0 Å². The van der Waals surface area contributed by atoms with Gasteiger partial charge < -0.3 is 0 Å². The Morgan fingerprint density at radius 2 is 1.12 bits per heavy atom. The monoisotopic (exact) mass is 286 g/mol. The van der Waals surface area contributed by atoms with Crippen LogP contribution in [0.1, 0.15) is 0 Å². The minimum atomic E-state index is -5.76. The molecule has 0 aliphatic rings. The van der Waals surface area contributed by atoms with E-state index >= 15 is 0 Å². The highest BCUT2D eigenvalue weighted by atomic mass is 19.4. The summed E-state index contributed by atoms with van der Waals surface area (Å²) >= 11 is 0. The topological polar surface area (TPSA) is 0 Å². The second kappa shape index (κ2) is 6.24. The van der Waals surface area contributed by atoms with Crippen molar-refractivity contribution < 1.29 is 48.3 Å². The fourth-order valence-electron chi connectivity index (χ4n) is 0.163. The third kappa shape index (κ3) is 7.21. The van der Waals surface area contributed by atoms with Crippen LogP contribution in [0, 0.1) is 0 Å². The van der Waals surface area contributed by atoms with E-state index in [-0.39, 0.29) is 0 Å². The van der Waals surface area contributed by atoms with Gasteiger partial charge in [-0.2, -0.15) is 35.1 Å². The maximum atomic E-state index is 11.2. The molecule has 0 saturated carbocycles. The van der Waals surface area contributed by atoms with Gasteiger partial charge in [-0.1, -0.05) is 0 Å². The van der Waals surface area contributed by atoms with E-state index in [2.05, 4.69) is 0 Å². The van der Waals surface area contributed by atoms with Gasteiger partial charge in [-0.3, -0.25) is 0 Å². The Labute approximate surface area is 87.4 Å². The Morgan fingerprint density at radius 1 is 0.765 bits per heavy atom. The zero-order valence-corrected chi connectivity index (χ0v) is 7.65. The lowest BCUT2D eigenvalue weighted by Gasteiger charge is -2.14. The van der Waals surface area contributed by atoms with Crippen molar-refractivity contribution >= 4 is 0 Å². The molecule has 1 atom stereocenters. The lowest BCUT2D eigenvalue weighted by Crippen LogP contribution is -2.38. The Bertz CT molecular complexity index is 201. The molecule has 0 amide bonds. The van der Waals surface area contributed by atoms with Crippen molar-refractivity contribution in [2.45, 2.75) is 24.4 Å². The Hall–Kier alpha value is -0.770. The Morgan fingerprint density at radius 3 is 1.12 bits per heavy atom. The molecule has 0 N–H and O–H groups in total. The van der Waals surface area contributed by atoms with Crippen LogP contribution in [0.4, 0.5) is 48.3 Å². The first-order valence-electron chi connectivity index (χ1n) is 3.57. The molecular weight excluding hydrogens is 281 g/mol. The SMILES string of the molecule is FCC(F)(F)C(F)(F)F.FCC(F)C(F)(F)F. The van der Waals surface area contributed by atoms with Crippen molar-refractivity contribution in [1.82, 2.24) is 0 Å². The molecule has 106 valence electrons. The summed E-state index contributed by atoms with van der Waals surface area (Å²) in [5, 5.41) is 0. The second-order valence-corrected chi connectivity index (χ2v) is 2.50. The molecule has 0 aromatic carbocycles. The average molecular weight is 286 g/mol. The van der Waals surface area contributed by atoms with E-state index in [0.717, 1.165) is 0 Å². The summed E-state index contributed by atoms with van der Waals surface area (Å²) in [6, 6.07) is 0. The molecule has 0 saturated heterocycles. The summed E-state index contributed by atoms with van der Waals surface area (Å²) < 4.78 is 120. The number of rotatable bonds is 2. The smallest absolute Gasteiger partial charge is 0.248 e. The minimum absolute atomic E-state index is 2.00. The molecule has 0 spiro atoms. The van der Waals surface area contributed by atoms with E-state index < -0.39 is 37.8 Å². The summed E-state index contributed by atoms with van der Waals surface area (Å²) in [5.74, 6) is -5.19. The molecular formula is C6H5F11. The molecule has 11 heteroatoms. The predicted octanol–water partition coefficient (Wildman–Crippen LogP) is 4.01. The van der Waals surface area contributed by atoms with Crippen molar-refractivity contribution in [1.29, 1.82) is 0 Å². The first kappa shape index (κ1) is 18.6. The standard InChI is InChI=1S/C3H2F6.C3H3F5/c4-1-2(5,6)3(7,8)9;4-1-2(5)3(6,7)8/h1H2;2H,1H2. The Balaban J connectivity index is 0. The number of hydrogen-bond donors (Lipinski definition) is 0. The van der Waals surface area contributed by atoms with E-state index in [1.54, 1.807) is 0 Å². The van der Waals surface area contributed by atoms with Crippen LogP contribution in [0.15, 0.2) is 0 Å². The van der Waals surface area contributed by atoms with Crippen molar-refractivity contribution in [2.24, 2.45) is 0 Å². The van der Waals surface area contributed by atoms with E-state index in [1.165, 1.54) is 0 Å². The molecule has 0 aromatic heterocycles. The summed E-state index contributed by atoms with van der Waals surface area (Å²) in [6.45, 7) is -4.69. The fourth-order valence-corrected chi connectivity index (χ4v) is 0.163. The molecule has 0 bridgehead atoms. The van der Waals surface area contributed by atoms with E-state index in [1.807, 2.05) is 0 Å². The lowest BCUT2D eigenvalue weighted by molar-refractivity contribution is -0.286. The second-order valence-electron chi connectivity index (χ2n) is 2.50. The predicted molar refractivity (Wildman–Crippen MR) is 33.9 cm³/mol. The Kier molecular flexibility index (Phi) is 6.82. The summed E-state index contributed by atoms with van der Waals surface area (Å²) in [7, 11) is 0. The fraction of sp³-hybridized carbons (Fsp3) is 1.00. The molecule has 17 heavy (non-hydrogen) atoms. The van der Waals surface area contributed by atoms with Gasteiger partial charge in [-0.05, 0) is 0 Å². The van der Waals surface area contributed by atoms with Gasteiger partial charge in [0.2, 0.25) is 6.17 Å². The number of hydrogen-bond acceptors (Lipinski definition) is 0. The molecule has 0 radical (unpaired) electrons. The van der Waals surface area contributed by atoms with Gasteiger partial charge in [0.05, 0.1) is 0 Å². The minimum Gasteiger partial charge on any atom is -0.248 e. The summed E-state index contributed by atoms with van der Waals surface area (Å²) in [6.07, 6.45) is -14.1. The highest BCUT2D eigenvalue weighted by Crippen LogP contribution is 2.35. The van der Waals surface area contributed by atoms with Gasteiger partial charge in [0.1, 0.15) is 6.67 Å². The van der Waals surface area contributed by atoms with E-state index in [0.29, 0.717) is 0 Å². The van der Waals surface area contributed by atoms with Crippen LogP contribution in [-0.4, -0.2) is 37.8 Å². The first-order chi connectivity index (χ1) is 7.29. The third-order valence-electron chi connectivity index (χ3n) is 1.07. The average Bonchev–Trinajstić information content (AvgIpc) is 2.14. The van der Waals surface area contributed by atoms with Gasteiger partial charge in [-0.15, -0.1) is 0 Å². The first-order valence-corrected chi connectivity index (χ1v) is 3.57. The maximum Gasteiger partial charge on any atom is 0.456 e. The number of halogens is 11. The molecule has 0 fully saturated rings. The van der Waals surface area contributed by atoms with Crippen LogP contribution in [0.5, 0.6) is 0 Å². The molecule has 0 aliphatic carbocycles. The van der Waals surface area contributed by atoms with Crippen LogP contribution in [0.25, 0.3) is 0 Å². The van der Waals surface area contributed by atoms with Gasteiger partial charge in [-0.25, -0.2) is 13.2 Å². The molecule has 0 aliphatic heterocycles. The van der Waals surface area contributed by atoms with Crippen LogP contribution < -0.4 is 0 Å². The van der Waals surface area contributed by atoms with Gasteiger partial charge >= 0.3 is 18.3 Å². The summed E-state index contributed by atoms with van der Waals surface area (Å²) in [4.78, 5) is 0. The zero-order valence-electron chi connectivity index (χ0n) is 7.65. The van der Waals surface area contributed by atoms with Crippen molar-refractivity contribution in [3.8, 4) is 0 Å². The third-order valence-corrected chi connectivity index (χ3v) is 1.07. The van der Waals surface area contributed by atoms with Gasteiger partial charge in [0, 0.05) is 0 Å². The number of alkyl halides is 11. The molecule has 0 rings (SSSR count). The highest BCUT2D eigenvalue weighted by Gasteiger charge is 2.57. The maximum absolute atomic E-state index is 11.2. The lowest BCUT2D eigenvalue weighted by atomic mass is 10.4. The van der Waals surface area contributed by atoms with Gasteiger partial charge in [0.15, 0.2) is 6.67 Å².